The number of anilines is 1. The highest BCUT2D eigenvalue weighted by molar-refractivity contribution is 7.17. The van der Waals surface area contributed by atoms with E-state index in [-0.39, 0.29) is 5.91 Å². The van der Waals surface area contributed by atoms with Crippen molar-refractivity contribution in [2.45, 2.75) is 33.4 Å². The Morgan fingerprint density at radius 3 is 2.81 bits per heavy atom. The van der Waals surface area contributed by atoms with Gasteiger partial charge in [-0.15, -0.1) is 11.3 Å². The van der Waals surface area contributed by atoms with Gasteiger partial charge < -0.3 is 14.4 Å². The predicted molar refractivity (Wildman–Crippen MR) is 109 cm³/mol. The van der Waals surface area contributed by atoms with Gasteiger partial charge in [0.1, 0.15) is 5.69 Å². The van der Waals surface area contributed by atoms with Crippen molar-refractivity contribution in [3.8, 4) is 0 Å². The van der Waals surface area contributed by atoms with Crippen LogP contribution in [0, 0.1) is 6.92 Å². The fourth-order valence-electron chi connectivity index (χ4n) is 3.99. The van der Waals surface area contributed by atoms with Crippen molar-refractivity contribution in [2.75, 3.05) is 24.5 Å². The molecule has 1 fully saturated rings. The van der Waals surface area contributed by atoms with Crippen LogP contribution in [0.5, 0.6) is 0 Å². The summed E-state index contributed by atoms with van der Waals surface area (Å²) in [5, 5.41) is 2.09. The zero-order chi connectivity index (χ0) is 18.3. The van der Waals surface area contributed by atoms with Gasteiger partial charge in [0, 0.05) is 37.9 Å². The minimum absolute atomic E-state index is 0.158. The molecule has 1 aromatic carbocycles. The lowest BCUT2D eigenvalue weighted by Crippen LogP contribution is -2.54. The maximum absolute atomic E-state index is 13.2. The van der Waals surface area contributed by atoms with Gasteiger partial charge >= 0.3 is 0 Å². The molecule has 3 heterocycles. The van der Waals surface area contributed by atoms with Crippen LogP contribution in [0.3, 0.4) is 0 Å². The van der Waals surface area contributed by atoms with Crippen LogP contribution in [0.4, 0.5) is 5.69 Å². The summed E-state index contributed by atoms with van der Waals surface area (Å²) in [6.07, 6.45) is 0. The minimum atomic E-state index is 0.158. The monoisotopic (exact) mass is 367 g/mol. The summed E-state index contributed by atoms with van der Waals surface area (Å²) >= 11 is 1.70. The normalized spacial score (nSPS) is 17.9. The number of hydrogen-bond acceptors (Lipinski definition) is 3. The molecule has 1 aliphatic rings. The van der Waals surface area contributed by atoms with Crippen molar-refractivity contribution in [1.82, 2.24) is 9.47 Å². The fourth-order valence-corrected chi connectivity index (χ4v) is 4.81. The Bertz CT molecular complexity index is 942. The van der Waals surface area contributed by atoms with Crippen molar-refractivity contribution in [3.05, 3.63) is 53.0 Å². The number of nitrogens with zero attached hydrogens (tertiary/aromatic N) is 3. The quantitative estimate of drug-likeness (QED) is 0.687. The Hall–Kier alpha value is -2.27. The molecule has 2 aromatic heterocycles. The van der Waals surface area contributed by atoms with E-state index in [1.165, 1.54) is 21.5 Å². The number of benzene rings is 1. The number of carbonyl (C=O) groups excluding carboxylic acids is 1. The molecule has 0 bridgehead atoms. The lowest BCUT2D eigenvalue weighted by molar-refractivity contribution is 0.0716. The third-order valence-corrected chi connectivity index (χ3v) is 6.16. The molecule has 26 heavy (non-hydrogen) atoms. The molecule has 0 N–H and O–H groups in total. The maximum atomic E-state index is 13.2. The first kappa shape index (κ1) is 17.2. The van der Waals surface area contributed by atoms with Crippen LogP contribution >= 0.6 is 11.3 Å². The molecule has 1 atom stereocenters. The smallest absolute Gasteiger partial charge is 0.270 e. The average Bonchev–Trinajstić information content (AvgIpc) is 3.21. The van der Waals surface area contributed by atoms with Gasteiger partial charge in [-0.05, 0) is 56.0 Å². The number of amides is 1. The summed E-state index contributed by atoms with van der Waals surface area (Å²) in [4.78, 5) is 17.6. The first-order valence-corrected chi connectivity index (χ1v) is 10.2. The number of aryl methyl sites for hydroxylation is 2. The zero-order valence-corrected chi connectivity index (χ0v) is 16.4. The van der Waals surface area contributed by atoms with E-state index < -0.39 is 0 Å². The van der Waals surface area contributed by atoms with E-state index >= 15 is 0 Å². The molecule has 4 rings (SSSR count). The van der Waals surface area contributed by atoms with Crippen LogP contribution in [0.1, 0.15) is 29.9 Å². The van der Waals surface area contributed by atoms with Crippen molar-refractivity contribution < 1.29 is 4.79 Å². The Kier molecular flexibility index (Phi) is 4.49. The molecule has 1 saturated heterocycles. The third-order valence-electron chi connectivity index (χ3n) is 5.31. The van der Waals surface area contributed by atoms with Gasteiger partial charge in [0.2, 0.25) is 0 Å². The van der Waals surface area contributed by atoms with Crippen molar-refractivity contribution in [3.63, 3.8) is 0 Å². The van der Waals surface area contributed by atoms with Crippen LogP contribution in [0.2, 0.25) is 0 Å². The summed E-state index contributed by atoms with van der Waals surface area (Å²) in [6.45, 7) is 9.65. The molecule has 5 heteroatoms. The Balaban J connectivity index is 1.54. The number of piperazine rings is 1. The molecule has 0 aliphatic carbocycles. The van der Waals surface area contributed by atoms with Crippen LogP contribution in [-0.2, 0) is 6.54 Å². The lowest BCUT2D eigenvalue weighted by atomic mass is 10.1. The summed E-state index contributed by atoms with van der Waals surface area (Å²) in [5.74, 6) is 0.158. The molecule has 4 nitrogen and oxygen atoms in total. The maximum Gasteiger partial charge on any atom is 0.270 e. The van der Waals surface area contributed by atoms with Crippen molar-refractivity contribution >= 4 is 33.1 Å². The van der Waals surface area contributed by atoms with E-state index in [2.05, 4.69) is 72.0 Å². The number of rotatable bonds is 3. The van der Waals surface area contributed by atoms with Crippen molar-refractivity contribution in [2.24, 2.45) is 0 Å². The molecular weight excluding hydrogens is 342 g/mol. The molecule has 3 aromatic rings. The molecule has 1 amide bonds. The van der Waals surface area contributed by atoms with E-state index in [1.807, 2.05) is 4.90 Å². The average molecular weight is 368 g/mol. The van der Waals surface area contributed by atoms with Gasteiger partial charge in [0.25, 0.3) is 5.91 Å². The second-order valence-electron chi connectivity index (χ2n) is 7.08. The van der Waals surface area contributed by atoms with Crippen molar-refractivity contribution in [1.29, 1.82) is 0 Å². The minimum Gasteiger partial charge on any atom is -0.365 e. The number of carbonyl (C=O) groups is 1. The Labute approximate surface area is 158 Å². The third kappa shape index (κ3) is 2.90. The second kappa shape index (κ2) is 6.80. The van der Waals surface area contributed by atoms with E-state index in [0.29, 0.717) is 6.04 Å². The first-order chi connectivity index (χ1) is 12.6. The number of aromatic nitrogens is 1. The predicted octanol–water partition coefficient (Wildman–Crippen LogP) is 4.38. The number of hydrogen-bond donors (Lipinski definition) is 0. The summed E-state index contributed by atoms with van der Waals surface area (Å²) < 4.78 is 3.34. The molecule has 1 aliphatic heterocycles. The summed E-state index contributed by atoms with van der Waals surface area (Å²) in [7, 11) is 0. The summed E-state index contributed by atoms with van der Waals surface area (Å²) in [6, 6.07) is 13.1. The van der Waals surface area contributed by atoms with Crippen LogP contribution in [-0.4, -0.2) is 41.1 Å². The van der Waals surface area contributed by atoms with Crippen LogP contribution < -0.4 is 4.90 Å². The van der Waals surface area contributed by atoms with E-state index in [9.17, 15) is 4.79 Å². The SMILES string of the molecule is CCn1c(C(=O)N2CCN(c3cccc(C)c3)C(C)C2)cc2sccc21. The van der Waals surface area contributed by atoms with Gasteiger partial charge in [-0.25, -0.2) is 0 Å². The van der Waals surface area contributed by atoms with Gasteiger partial charge in [0.15, 0.2) is 0 Å². The molecule has 0 radical (unpaired) electrons. The Morgan fingerprint density at radius 1 is 1.23 bits per heavy atom. The number of thiophene rings is 1. The molecule has 0 saturated carbocycles. The highest BCUT2D eigenvalue weighted by Gasteiger charge is 2.29. The second-order valence-corrected chi connectivity index (χ2v) is 8.02. The van der Waals surface area contributed by atoms with Crippen LogP contribution in [0.15, 0.2) is 41.8 Å². The first-order valence-electron chi connectivity index (χ1n) is 9.27. The van der Waals surface area contributed by atoms with Gasteiger partial charge in [-0.2, -0.15) is 0 Å². The van der Waals surface area contributed by atoms with Crippen LogP contribution in [0.25, 0.3) is 10.2 Å². The molecular formula is C21H25N3OS. The van der Waals surface area contributed by atoms with Gasteiger partial charge in [0.05, 0.1) is 10.2 Å². The largest absolute Gasteiger partial charge is 0.365 e. The van der Waals surface area contributed by atoms with Gasteiger partial charge in [-0.1, -0.05) is 12.1 Å². The van der Waals surface area contributed by atoms with Gasteiger partial charge in [-0.3, -0.25) is 4.79 Å². The number of fused-ring (bicyclic) bond motifs is 1. The zero-order valence-electron chi connectivity index (χ0n) is 15.6. The highest BCUT2D eigenvalue weighted by Crippen LogP contribution is 2.27. The topological polar surface area (TPSA) is 28.5 Å². The van der Waals surface area contributed by atoms with E-state index in [1.54, 1.807) is 11.3 Å². The van der Waals surface area contributed by atoms with E-state index in [0.717, 1.165) is 31.9 Å². The summed E-state index contributed by atoms with van der Waals surface area (Å²) in [5.41, 5.74) is 4.52. The molecule has 136 valence electrons. The molecule has 0 spiro atoms. The van der Waals surface area contributed by atoms with E-state index in [4.69, 9.17) is 0 Å². The standard InChI is InChI=1S/C21H25N3OS/c1-4-23-18-8-11-26-20(18)13-19(23)21(25)22-9-10-24(16(3)14-22)17-7-5-6-15(2)12-17/h5-8,11-13,16H,4,9-10,14H2,1-3H3. The lowest BCUT2D eigenvalue weighted by Gasteiger charge is -2.41. The Morgan fingerprint density at radius 2 is 2.08 bits per heavy atom. The highest BCUT2D eigenvalue weighted by atomic mass is 32.1. The molecule has 1 unspecified atom stereocenters. The fraction of sp³-hybridized carbons (Fsp3) is 0.381.